The highest BCUT2D eigenvalue weighted by molar-refractivity contribution is 6.51. The van der Waals surface area contributed by atoms with E-state index in [4.69, 9.17) is 9.47 Å². The van der Waals surface area contributed by atoms with Crippen LogP contribution >= 0.6 is 0 Å². The molecule has 10 heteroatoms. The maximum absolute atomic E-state index is 13.3. The van der Waals surface area contributed by atoms with Crippen LogP contribution in [0.15, 0.2) is 72.3 Å². The first-order chi connectivity index (χ1) is 17.8. The maximum Gasteiger partial charge on any atom is 0.300 e. The quantitative estimate of drug-likeness (QED) is 0.148. The molecular weight excluding hydrogens is 480 g/mol. The molecule has 1 amide bonds. The summed E-state index contributed by atoms with van der Waals surface area (Å²) in [6.07, 6.45) is 0. The lowest BCUT2D eigenvalue weighted by molar-refractivity contribution is -0.384. The van der Waals surface area contributed by atoms with E-state index < -0.39 is 28.4 Å². The van der Waals surface area contributed by atoms with Gasteiger partial charge in [0, 0.05) is 23.4 Å². The van der Waals surface area contributed by atoms with Crippen LogP contribution in [-0.2, 0) is 9.59 Å². The van der Waals surface area contributed by atoms with Gasteiger partial charge in [-0.25, -0.2) is 0 Å². The lowest BCUT2D eigenvalue weighted by Gasteiger charge is -2.26. The second-order valence-electron chi connectivity index (χ2n) is 8.06. The van der Waals surface area contributed by atoms with Crippen LogP contribution in [0.4, 0.5) is 11.4 Å². The molecule has 4 rings (SSSR count). The highest BCUT2D eigenvalue weighted by atomic mass is 16.6. The van der Waals surface area contributed by atoms with E-state index in [0.717, 1.165) is 6.07 Å². The Morgan fingerprint density at radius 3 is 2.35 bits per heavy atom. The van der Waals surface area contributed by atoms with Crippen LogP contribution in [0.25, 0.3) is 5.76 Å². The molecule has 3 aromatic rings. The summed E-state index contributed by atoms with van der Waals surface area (Å²) in [6.45, 7) is 4.27. The number of aliphatic hydroxyl groups is 1. The molecule has 0 saturated carbocycles. The number of phenolic OH excluding ortho intramolecular Hbond substituents is 1. The van der Waals surface area contributed by atoms with Crippen molar-refractivity contribution in [2.24, 2.45) is 0 Å². The number of aromatic hydroxyl groups is 1. The second-order valence-corrected chi connectivity index (χ2v) is 8.06. The molecule has 37 heavy (non-hydrogen) atoms. The van der Waals surface area contributed by atoms with E-state index in [2.05, 4.69) is 0 Å². The number of phenols is 1. The lowest BCUT2D eigenvalue weighted by atomic mass is 9.94. The number of carbonyl (C=O) groups excluding carboxylic acids is 2. The van der Waals surface area contributed by atoms with Gasteiger partial charge in [0.1, 0.15) is 11.5 Å². The fraction of sp³-hybridized carbons (Fsp3) is 0.185. The van der Waals surface area contributed by atoms with Crippen molar-refractivity contribution in [3.63, 3.8) is 0 Å². The largest absolute Gasteiger partial charge is 0.507 e. The van der Waals surface area contributed by atoms with Gasteiger partial charge in [0.25, 0.3) is 17.4 Å². The SMILES string of the molecule is CCOc1ccc(N2C(=O)C(=O)/C(=C(/O)c3cccc([N+](=O)[O-])c3)C2c2ccc(O)c(OCC)c2)cc1. The van der Waals surface area contributed by atoms with E-state index in [0.29, 0.717) is 23.6 Å². The second kappa shape index (κ2) is 10.4. The van der Waals surface area contributed by atoms with Gasteiger partial charge in [0.15, 0.2) is 11.5 Å². The Kier molecular flexibility index (Phi) is 7.10. The zero-order valence-electron chi connectivity index (χ0n) is 20.1. The van der Waals surface area contributed by atoms with Crippen molar-refractivity contribution >= 4 is 28.8 Å². The fourth-order valence-electron chi connectivity index (χ4n) is 4.18. The molecule has 1 fully saturated rings. The normalized spacial score (nSPS) is 16.6. The van der Waals surface area contributed by atoms with Crippen molar-refractivity contribution in [3.05, 3.63) is 93.5 Å². The topological polar surface area (TPSA) is 139 Å². The minimum Gasteiger partial charge on any atom is -0.507 e. The predicted octanol–water partition coefficient (Wildman–Crippen LogP) is 4.72. The van der Waals surface area contributed by atoms with E-state index in [-0.39, 0.29) is 34.9 Å². The van der Waals surface area contributed by atoms with Crippen molar-refractivity contribution < 1.29 is 34.2 Å². The molecule has 1 unspecified atom stereocenters. The summed E-state index contributed by atoms with van der Waals surface area (Å²) >= 11 is 0. The number of rotatable bonds is 8. The lowest BCUT2D eigenvalue weighted by Crippen LogP contribution is -2.29. The summed E-state index contributed by atoms with van der Waals surface area (Å²) in [5.41, 5.74) is 0.200. The molecule has 3 aromatic carbocycles. The molecule has 1 saturated heterocycles. The maximum atomic E-state index is 13.3. The Hall–Kier alpha value is -4.86. The van der Waals surface area contributed by atoms with Crippen LogP contribution in [0, 0.1) is 10.1 Å². The van der Waals surface area contributed by atoms with Crippen LogP contribution in [-0.4, -0.2) is 40.0 Å². The Morgan fingerprint density at radius 2 is 1.70 bits per heavy atom. The molecule has 0 spiro atoms. The molecule has 1 aliphatic heterocycles. The Bertz CT molecular complexity index is 1400. The van der Waals surface area contributed by atoms with Crippen LogP contribution in [0.2, 0.25) is 0 Å². The predicted molar refractivity (Wildman–Crippen MR) is 135 cm³/mol. The molecule has 1 heterocycles. The number of nitro benzene ring substituents is 1. The zero-order chi connectivity index (χ0) is 26.7. The van der Waals surface area contributed by atoms with Crippen LogP contribution in [0.3, 0.4) is 0 Å². The first kappa shape index (κ1) is 25.2. The summed E-state index contributed by atoms with van der Waals surface area (Å²) in [5.74, 6) is -1.86. The third kappa shape index (κ3) is 4.81. The number of non-ortho nitro benzene ring substituents is 1. The minimum atomic E-state index is -1.11. The number of amides is 1. The number of hydrogen-bond acceptors (Lipinski definition) is 8. The molecular formula is C27H24N2O8. The van der Waals surface area contributed by atoms with Gasteiger partial charge in [-0.1, -0.05) is 18.2 Å². The fourth-order valence-corrected chi connectivity index (χ4v) is 4.18. The van der Waals surface area contributed by atoms with Crippen molar-refractivity contribution in [2.45, 2.75) is 19.9 Å². The van der Waals surface area contributed by atoms with E-state index in [1.54, 1.807) is 31.2 Å². The third-order valence-corrected chi connectivity index (χ3v) is 5.80. The Balaban J connectivity index is 1.93. The molecule has 0 bridgehead atoms. The average Bonchev–Trinajstić information content (AvgIpc) is 3.16. The molecule has 0 radical (unpaired) electrons. The van der Waals surface area contributed by atoms with E-state index in [1.807, 2.05) is 6.92 Å². The van der Waals surface area contributed by atoms with Gasteiger partial charge in [0.2, 0.25) is 0 Å². The average molecular weight is 504 g/mol. The Morgan fingerprint density at radius 1 is 1.00 bits per heavy atom. The first-order valence-corrected chi connectivity index (χ1v) is 11.5. The molecule has 1 aliphatic rings. The van der Waals surface area contributed by atoms with Crippen molar-refractivity contribution in [3.8, 4) is 17.2 Å². The summed E-state index contributed by atoms with van der Waals surface area (Å²) in [4.78, 5) is 38.5. The molecule has 0 aliphatic carbocycles. The van der Waals surface area contributed by atoms with Gasteiger partial charge in [-0.05, 0) is 55.8 Å². The molecule has 10 nitrogen and oxygen atoms in total. The number of carbonyl (C=O) groups is 2. The highest BCUT2D eigenvalue weighted by Gasteiger charge is 2.47. The summed E-state index contributed by atoms with van der Waals surface area (Å²) in [7, 11) is 0. The van der Waals surface area contributed by atoms with Gasteiger partial charge in [0.05, 0.1) is 29.8 Å². The number of benzene rings is 3. The number of ether oxygens (including phenoxy) is 2. The van der Waals surface area contributed by atoms with Crippen LogP contribution in [0.1, 0.15) is 31.0 Å². The standard InChI is InChI=1S/C27H24N2O8/c1-3-36-20-11-9-18(10-12-20)28-24(16-8-13-21(30)22(15-16)37-4-2)23(26(32)27(28)33)25(31)17-6-5-7-19(14-17)29(34)35/h5-15,24,30-31H,3-4H2,1-2H3/b25-23+. The minimum absolute atomic E-state index is 0.00713. The zero-order valence-corrected chi connectivity index (χ0v) is 20.1. The molecule has 190 valence electrons. The summed E-state index contributed by atoms with van der Waals surface area (Å²) < 4.78 is 11.0. The first-order valence-electron chi connectivity index (χ1n) is 11.5. The molecule has 0 aromatic heterocycles. The number of ketones is 1. The smallest absolute Gasteiger partial charge is 0.300 e. The number of anilines is 1. The number of Topliss-reactive ketones (excluding diaryl/α,β-unsaturated/α-hetero) is 1. The van der Waals surface area contributed by atoms with Crippen LogP contribution < -0.4 is 14.4 Å². The highest BCUT2D eigenvalue weighted by Crippen LogP contribution is 2.44. The third-order valence-electron chi connectivity index (χ3n) is 5.80. The van der Waals surface area contributed by atoms with Gasteiger partial charge < -0.3 is 19.7 Å². The Labute approximate surface area is 212 Å². The van der Waals surface area contributed by atoms with E-state index in [1.165, 1.54) is 41.3 Å². The monoisotopic (exact) mass is 504 g/mol. The van der Waals surface area contributed by atoms with Crippen molar-refractivity contribution in [1.82, 2.24) is 0 Å². The number of nitro groups is 1. The van der Waals surface area contributed by atoms with E-state index in [9.17, 15) is 29.9 Å². The molecule has 2 N–H and O–H groups in total. The summed E-state index contributed by atoms with van der Waals surface area (Å²) in [5, 5.41) is 32.7. The summed E-state index contributed by atoms with van der Waals surface area (Å²) in [6, 6.07) is 14.9. The van der Waals surface area contributed by atoms with Gasteiger partial charge in [-0.3, -0.25) is 24.6 Å². The van der Waals surface area contributed by atoms with Crippen molar-refractivity contribution in [2.75, 3.05) is 18.1 Å². The van der Waals surface area contributed by atoms with Crippen molar-refractivity contribution in [1.29, 1.82) is 0 Å². The van der Waals surface area contributed by atoms with Crippen LogP contribution in [0.5, 0.6) is 17.2 Å². The number of hydrogen-bond donors (Lipinski definition) is 2. The molecule has 1 atom stereocenters. The van der Waals surface area contributed by atoms with Gasteiger partial charge in [-0.2, -0.15) is 0 Å². The number of nitrogens with zero attached hydrogens (tertiary/aromatic N) is 2. The van der Waals surface area contributed by atoms with Gasteiger partial charge in [-0.15, -0.1) is 0 Å². The van der Waals surface area contributed by atoms with E-state index >= 15 is 0 Å². The number of aliphatic hydroxyl groups excluding tert-OH is 1. The van der Waals surface area contributed by atoms with Gasteiger partial charge >= 0.3 is 0 Å².